The predicted molar refractivity (Wildman–Crippen MR) is 106 cm³/mol. The van der Waals surface area contributed by atoms with Crippen LogP contribution >= 0.6 is 23.4 Å². The van der Waals surface area contributed by atoms with E-state index in [9.17, 15) is 19.5 Å². The monoisotopic (exact) mass is 418 g/mol. The van der Waals surface area contributed by atoms with Gasteiger partial charge in [-0.2, -0.15) is 0 Å². The van der Waals surface area contributed by atoms with Gasteiger partial charge in [0.25, 0.3) is 5.91 Å². The summed E-state index contributed by atoms with van der Waals surface area (Å²) in [5, 5.41) is 15.5. The number of aromatic nitrogens is 1. The summed E-state index contributed by atoms with van der Waals surface area (Å²) in [7, 11) is 0. The fourth-order valence-corrected chi connectivity index (χ4v) is 4.72. The zero-order valence-corrected chi connectivity index (χ0v) is 16.0. The van der Waals surface area contributed by atoms with Crippen LogP contribution < -0.4 is 10.6 Å². The van der Waals surface area contributed by atoms with Gasteiger partial charge in [0.1, 0.15) is 17.1 Å². The summed E-state index contributed by atoms with van der Waals surface area (Å²) in [6.07, 6.45) is 1.71. The summed E-state index contributed by atoms with van der Waals surface area (Å²) in [5.74, 6) is -1.80. The normalized spacial score (nSPS) is 21.2. The van der Waals surface area contributed by atoms with E-state index in [1.807, 2.05) is 30.3 Å². The summed E-state index contributed by atoms with van der Waals surface area (Å²) in [4.78, 5) is 41.3. The summed E-state index contributed by atoms with van der Waals surface area (Å²) < 4.78 is 0. The third-order valence-electron chi connectivity index (χ3n) is 4.50. The van der Waals surface area contributed by atoms with Crippen molar-refractivity contribution >= 4 is 57.7 Å². The number of carboxylic acid groups (broad SMARTS) is 1. The van der Waals surface area contributed by atoms with Gasteiger partial charge in [-0.15, -0.1) is 11.8 Å². The maximum absolute atomic E-state index is 12.3. The number of pyridine rings is 1. The molecular formula is C18H15ClN4O4S. The summed E-state index contributed by atoms with van der Waals surface area (Å²) in [6.45, 7) is -0.0185. The molecule has 0 aliphatic carbocycles. The van der Waals surface area contributed by atoms with E-state index >= 15 is 0 Å². The zero-order valence-electron chi connectivity index (χ0n) is 14.4. The summed E-state index contributed by atoms with van der Waals surface area (Å²) in [5.41, 5.74) is 1.41. The molecule has 1 aromatic carbocycles. The molecule has 3 heterocycles. The van der Waals surface area contributed by atoms with E-state index < -0.39 is 23.3 Å². The van der Waals surface area contributed by atoms with Crippen LogP contribution in [0.4, 0.5) is 5.69 Å². The minimum absolute atomic E-state index is 0.0185. The fourth-order valence-electron chi connectivity index (χ4n) is 3.17. The average molecular weight is 419 g/mol. The Balaban J connectivity index is 1.37. The van der Waals surface area contributed by atoms with Crippen molar-refractivity contribution in [2.24, 2.45) is 0 Å². The Labute approximate surface area is 168 Å². The average Bonchev–Trinajstić information content (AvgIpc) is 2.69. The Morgan fingerprint density at radius 3 is 2.96 bits per heavy atom. The first-order valence-corrected chi connectivity index (χ1v) is 9.83. The molecule has 2 aliphatic heterocycles. The highest BCUT2D eigenvalue weighted by molar-refractivity contribution is 8.00. The molecule has 28 heavy (non-hydrogen) atoms. The lowest BCUT2D eigenvalue weighted by Crippen LogP contribution is -2.70. The number of hydrogen-bond acceptors (Lipinski definition) is 6. The lowest BCUT2D eigenvalue weighted by atomic mass is 10.1. The molecule has 1 unspecified atom stereocenters. The van der Waals surface area contributed by atoms with Crippen molar-refractivity contribution in [1.29, 1.82) is 0 Å². The first-order valence-electron chi connectivity index (χ1n) is 8.40. The number of fused-ring (bicyclic) bond motifs is 2. The number of benzene rings is 1. The van der Waals surface area contributed by atoms with E-state index in [1.165, 1.54) is 11.8 Å². The van der Waals surface area contributed by atoms with Crippen molar-refractivity contribution in [3.8, 4) is 0 Å². The van der Waals surface area contributed by atoms with Gasteiger partial charge in [-0.05, 0) is 24.3 Å². The molecule has 0 bridgehead atoms. The quantitative estimate of drug-likeness (QED) is 0.632. The third kappa shape index (κ3) is 3.27. The highest BCUT2D eigenvalue weighted by atomic mass is 35.5. The van der Waals surface area contributed by atoms with Crippen molar-refractivity contribution in [2.45, 2.75) is 11.4 Å². The Kier molecular flexibility index (Phi) is 4.86. The number of rotatable bonds is 5. The second kappa shape index (κ2) is 7.33. The lowest BCUT2D eigenvalue weighted by Gasteiger charge is -2.48. The summed E-state index contributed by atoms with van der Waals surface area (Å²) >= 11 is 7.25. The summed E-state index contributed by atoms with van der Waals surface area (Å²) in [6, 6.07) is 8.55. The minimum atomic E-state index is -1.25. The van der Waals surface area contributed by atoms with Gasteiger partial charge in [0.2, 0.25) is 5.91 Å². The second-order valence-electron chi connectivity index (χ2n) is 6.28. The Hall–Kier alpha value is -2.78. The number of halogens is 1. The topological polar surface area (TPSA) is 112 Å². The van der Waals surface area contributed by atoms with Crippen LogP contribution in [0.1, 0.15) is 0 Å². The van der Waals surface area contributed by atoms with Gasteiger partial charge in [-0.3, -0.25) is 19.5 Å². The van der Waals surface area contributed by atoms with Gasteiger partial charge >= 0.3 is 5.97 Å². The molecule has 144 valence electrons. The van der Waals surface area contributed by atoms with E-state index in [4.69, 9.17) is 11.6 Å². The molecule has 0 spiro atoms. The van der Waals surface area contributed by atoms with Crippen LogP contribution in [0.2, 0.25) is 0 Å². The second-order valence-corrected chi connectivity index (χ2v) is 7.84. The van der Waals surface area contributed by atoms with Crippen LogP contribution in [0.3, 0.4) is 0 Å². The number of carboxylic acids is 1. The van der Waals surface area contributed by atoms with Crippen molar-refractivity contribution in [2.75, 3.05) is 17.6 Å². The molecule has 2 atom stereocenters. The van der Waals surface area contributed by atoms with Crippen LogP contribution in [0.15, 0.2) is 47.3 Å². The van der Waals surface area contributed by atoms with E-state index in [-0.39, 0.29) is 28.9 Å². The molecule has 1 saturated heterocycles. The van der Waals surface area contributed by atoms with Gasteiger partial charge in [0.05, 0.1) is 17.1 Å². The van der Waals surface area contributed by atoms with Crippen LogP contribution in [-0.2, 0) is 14.4 Å². The molecule has 0 saturated carbocycles. The largest absolute Gasteiger partial charge is 0.477 e. The van der Waals surface area contributed by atoms with Crippen LogP contribution in [0, 0.1) is 0 Å². The molecule has 1 aromatic heterocycles. The molecule has 8 nitrogen and oxygen atoms in total. The van der Waals surface area contributed by atoms with Crippen LogP contribution in [0.25, 0.3) is 10.9 Å². The van der Waals surface area contributed by atoms with Gasteiger partial charge in [0.15, 0.2) is 0 Å². The molecule has 0 radical (unpaired) electrons. The third-order valence-corrected chi connectivity index (χ3v) is 6.25. The number of carbonyl (C=O) groups excluding carboxylic acids is 2. The van der Waals surface area contributed by atoms with Crippen LogP contribution in [0.5, 0.6) is 0 Å². The molecule has 2 amide bonds. The number of amides is 2. The zero-order chi connectivity index (χ0) is 19.8. The van der Waals surface area contributed by atoms with Gasteiger partial charge in [-0.25, -0.2) is 4.79 Å². The Morgan fingerprint density at radius 1 is 1.36 bits per heavy atom. The van der Waals surface area contributed by atoms with Gasteiger partial charge < -0.3 is 15.7 Å². The first-order chi connectivity index (χ1) is 13.5. The van der Waals surface area contributed by atoms with E-state index in [1.54, 1.807) is 6.20 Å². The highest BCUT2D eigenvalue weighted by Gasteiger charge is 2.54. The first kappa shape index (κ1) is 18.6. The maximum Gasteiger partial charge on any atom is 0.353 e. The molecular weight excluding hydrogens is 404 g/mol. The van der Waals surface area contributed by atoms with Gasteiger partial charge in [0, 0.05) is 23.0 Å². The molecule has 4 rings (SSSR count). The molecule has 10 heteroatoms. The molecule has 2 aromatic rings. The number of hydrogen-bond donors (Lipinski definition) is 3. The number of nitrogens with zero attached hydrogens (tertiary/aromatic N) is 2. The van der Waals surface area contributed by atoms with Crippen LogP contribution in [-0.4, -0.2) is 56.5 Å². The standard InChI is InChI=1S/C18H15ClN4O4S/c19-11-8-28-17-14(16(25)23(17)15(11)18(26)27)22-13(24)7-21-10-3-4-12-9(6-10)2-1-5-20-12/h1-6,14,17,21H,7-8H2,(H,22,24)(H,26,27)/t14?,17-/m0/s1. The van der Waals surface area contributed by atoms with Crippen molar-refractivity contribution < 1.29 is 19.5 Å². The highest BCUT2D eigenvalue weighted by Crippen LogP contribution is 2.41. The smallest absolute Gasteiger partial charge is 0.353 e. The molecule has 3 N–H and O–H groups in total. The number of aliphatic carboxylic acids is 1. The number of thioether (sulfide) groups is 1. The van der Waals surface area contributed by atoms with Crippen molar-refractivity contribution in [3.05, 3.63) is 47.3 Å². The van der Waals surface area contributed by atoms with Gasteiger partial charge in [-0.1, -0.05) is 17.7 Å². The minimum Gasteiger partial charge on any atom is -0.477 e. The molecule has 1 fully saturated rings. The van der Waals surface area contributed by atoms with E-state index in [2.05, 4.69) is 15.6 Å². The SMILES string of the molecule is O=C(CNc1ccc2ncccc2c1)NC1C(=O)N2C(C(=O)O)=C(Cl)CS[C@@H]12. The predicted octanol–water partition coefficient (Wildman–Crippen LogP) is 1.58. The number of nitrogens with one attached hydrogen (secondary N) is 2. The van der Waals surface area contributed by atoms with E-state index in [0.29, 0.717) is 0 Å². The number of carbonyl (C=O) groups is 3. The number of anilines is 1. The van der Waals surface area contributed by atoms with Crippen molar-refractivity contribution in [3.63, 3.8) is 0 Å². The maximum atomic E-state index is 12.3. The molecule has 2 aliphatic rings. The Morgan fingerprint density at radius 2 is 2.18 bits per heavy atom. The van der Waals surface area contributed by atoms with Crippen molar-refractivity contribution in [1.82, 2.24) is 15.2 Å². The van der Waals surface area contributed by atoms with E-state index in [0.717, 1.165) is 21.5 Å². The lowest BCUT2D eigenvalue weighted by molar-refractivity contribution is -0.150. The fraction of sp³-hybridized carbons (Fsp3) is 0.222. The Bertz CT molecular complexity index is 1030. The number of β-lactam (4-membered cyclic amide) rings is 1.